The Balaban J connectivity index is 1.70. The highest BCUT2D eigenvalue weighted by atomic mass is 16.5. The van der Waals surface area contributed by atoms with Crippen LogP contribution in [0.15, 0.2) is 24.3 Å². The van der Waals surface area contributed by atoms with E-state index in [1.807, 2.05) is 24.3 Å². The number of hydrogen-bond donors (Lipinski definition) is 3. The first kappa shape index (κ1) is 23.0. The summed E-state index contributed by atoms with van der Waals surface area (Å²) in [5.41, 5.74) is 10.1. The minimum atomic E-state index is -0.689. The van der Waals surface area contributed by atoms with Crippen molar-refractivity contribution in [3.05, 3.63) is 29.8 Å². The van der Waals surface area contributed by atoms with E-state index in [-0.39, 0.29) is 29.9 Å². The second kappa shape index (κ2) is 9.23. The quantitative estimate of drug-likeness (QED) is 0.585. The molecule has 3 rings (SSSR count). The predicted molar refractivity (Wildman–Crippen MR) is 117 cm³/mol. The van der Waals surface area contributed by atoms with Gasteiger partial charge in [-0.15, -0.1) is 0 Å². The number of hydrogen-bond acceptors (Lipinski definition) is 6. The van der Waals surface area contributed by atoms with Gasteiger partial charge >= 0.3 is 0 Å². The van der Waals surface area contributed by atoms with Crippen LogP contribution < -0.4 is 21.5 Å². The van der Waals surface area contributed by atoms with E-state index in [0.717, 1.165) is 17.7 Å². The zero-order valence-electron chi connectivity index (χ0n) is 18.7. The monoisotopic (exact) mass is 431 g/mol. The Hall–Kier alpha value is -2.65. The Morgan fingerprint density at radius 1 is 1.26 bits per heavy atom. The number of nitrogens with zero attached hydrogens (tertiary/aromatic N) is 2. The molecule has 1 unspecified atom stereocenters. The second-order valence-electron chi connectivity index (χ2n) is 9.31. The summed E-state index contributed by atoms with van der Waals surface area (Å²) in [6.07, 6.45) is 1.07. The maximum absolute atomic E-state index is 13.2. The Labute approximate surface area is 183 Å². The number of fused-ring (bicyclic) bond motifs is 1. The molecule has 1 aromatic rings. The van der Waals surface area contributed by atoms with E-state index in [2.05, 4.69) is 31.5 Å². The number of anilines is 1. The molecule has 9 heteroatoms. The van der Waals surface area contributed by atoms with E-state index < -0.39 is 18.0 Å². The molecule has 0 radical (unpaired) electrons. The average Bonchev–Trinajstić information content (AvgIpc) is 3.29. The van der Waals surface area contributed by atoms with Gasteiger partial charge in [-0.25, -0.2) is 5.43 Å². The van der Waals surface area contributed by atoms with Crippen molar-refractivity contribution in [3.8, 4) is 0 Å². The summed E-state index contributed by atoms with van der Waals surface area (Å²) < 4.78 is 5.50. The van der Waals surface area contributed by atoms with Gasteiger partial charge in [-0.05, 0) is 24.3 Å². The molecule has 1 fully saturated rings. The summed E-state index contributed by atoms with van der Waals surface area (Å²) in [5.74, 6) is -0.936. The number of rotatable bonds is 7. The molecule has 0 saturated carbocycles. The van der Waals surface area contributed by atoms with Gasteiger partial charge in [0, 0.05) is 25.8 Å². The van der Waals surface area contributed by atoms with Crippen molar-refractivity contribution in [1.82, 2.24) is 15.6 Å². The van der Waals surface area contributed by atoms with Crippen LogP contribution in [0.5, 0.6) is 0 Å². The van der Waals surface area contributed by atoms with E-state index in [0.29, 0.717) is 19.5 Å². The lowest BCUT2D eigenvalue weighted by atomic mass is 9.92. The third-order valence-corrected chi connectivity index (χ3v) is 5.81. The van der Waals surface area contributed by atoms with Crippen LogP contribution in [0.4, 0.5) is 5.69 Å². The van der Waals surface area contributed by atoms with Crippen LogP contribution in [0, 0.1) is 5.41 Å². The maximum atomic E-state index is 13.2. The molecule has 2 heterocycles. The molecule has 3 amide bonds. The average molecular weight is 432 g/mol. The van der Waals surface area contributed by atoms with Gasteiger partial charge in [-0.2, -0.15) is 0 Å². The highest BCUT2D eigenvalue weighted by molar-refractivity contribution is 5.92. The highest BCUT2D eigenvalue weighted by Gasteiger charge is 2.43. The van der Waals surface area contributed by atoms with Crippen molar-refractivity contribution in [2.45, 2.75) is 51.8 Å². The summed E-state index contributed by atoms with van der Waals surface area (Å²) in [4.78, 5) is 39.5. The normalized spacial score (nSPS) is 23.0. The fourth-order valence-electron chi connectivity index (χ4n) is 4.11. The predicted octanol–water partition coefficient (Wildman–Crippen LogP) is 0.706. The first-order valence-electron chi connectivity index (χ1n) is 10.6. The molecule has 170 valence electrons. The van der Waals surface area contributed by atoms with Crippen LogP contribution in [-0.2, 0) is 19.1 Å². The Morgan fingerprint density at radius 2 is 1.97 bits per heavy atom. The Kier molecular flexibility index (Phi) is 6.86. The van der Waals surface area contributed by atoms with Crippen molar-refractivity contribution in [1.29, 1.82) is 0 Å². The molecule has 0 spiro atoms. The molecule has 0 aliphatic carbocycles. The number of benzene rings is 1. The second-order valence-corrected chi connectivity index (χ2v) is 9.31. The number of ether oxygens (including phenoxy) is 1. The Morgan fingerprint density at radius 3 is 2.61 bits per heavy atom. The van der Waals surface area contributed by atoms with E-state index in [9.17, 15) is 14.4 Å². The van der Waals surface area contributed by atoms with E-state index in [1.54, 1.807) is 17.0 Å². The van der Waals surface area contributed by atoms with E-state index in [1.165, 1.54) is 0 Å². The summed E-state index contributed by atoms with van der Waals surface area (Å²) in [5, 5.41) is 4.59. The topological polar surface area (TPSA) is 117 Å². The summed E-state index contributed by atoms with van der Waals surface area (Å²) in [6, 6.07) is 5.93. The highest BCUT2D eigenvalue weighted by Crippen LogP contribution is 2.32. The van der Waals surface area contributed by atoms with Crippen LogP contribution in [0.25, 0.3) is 0 Å². The molecule has 1 aromatic carbocycles. The molecule has 2 aliphatic rings. The number of nitrogens with two attached hydrogens (primary N) is 1. The first-order chi connectivity index (χ1) is 14.6. The van der Waals surface area contributed by atoms with E-state index >= 15 is 0 Å². The van der Waals surface area contributed by atoms with Crippen molar-refractivity contribution < 1.29 is 19.1 Å². The zero-order valence-corrected chi connectivity index (χ0v) is 18.7. The fraction of sp³-hybridized carbons (Fsp3) is 0.591. The van der Waals surface area contributed by atoms with Crippen molar-refractivity contribution in [2.75, 3.05) is 31.8 Å². The standard InChI is InChI=1S/C22H33N5O4/c1-22(2,3)10-11-24-21(30)19-16(31-4)9-12-26(19)17(28)13-27-15-8-6-5-7-14(15)18(25-27)20(23)29/h5-8,16,18-19,25H,9-13H2,1-4H3,(H2,23,29)(H,24,30)/t16-,18?,19+/m1/s1. The number of hydrazine groups is 1. The van der Waals surface area contributed by atoms with Crippen molar-refractivity contribution in [2.24, 2.45) is 11.1 Å². The number of likely N-dealkylation sites (tertiary alicyclic amines) is 1. The lowest BCUT2D eigenvalue weighted by molar-refractivity contribution is -0.140. The number of amides is 3. The van der Waals surface area contributed by atoms with Gasteiger partial charge in [0.2, 0.25) is 17.7 Å². The molecule has 3 atom stereocenters. The zero-order chi connectivity index (χ0) is 22.8. The number of carbonyl (C=O) groups is 3. The third-order valence-electron chi connectivity index (χ3n) is 5.81. The molecule has 2 aliphatic heterocycles. The van der Waals surface area contributed by atoms with Gasteiger partial charge in [0.15, 0.2) is 0 Å². The van der Waals surface area contributed by atoms with Crippen LogP contribution in [0.1, 0.15) is 45.2 Å². The summed E-state index contributed by atoms with van der Waals surface area (Å²) in [7, 11) is 1.56. The van der Waals surface area contributed by atoms with Crippen LogP contribution in [0.2, 0.25) is 0 Å². The fourth-order valence-corrected chi connectivity index (χ4v) is 4.11. The third kappa shape index (κ3) is 5.16. The molecule has 9 nitrogen and oxygen atoms in total. The largest absolute Gasteiger partial charge is 0.379 e. The number of nitrogens with one attached hydrogen (secondary N) is 2. The van der Waals surface area contributed by atoms with Gasteiger partial charge in [0.25, 0.3) is 0 Å². The first-order valence-corrected chi connectivity index (χ1v) is 10.6. The van der Waals surface area contributed by atoms with Crippen molar-refractivity contribution in [3.63, 3.8) is 0 Å². The number of carbonyl (C=O) groups excluding carboxylic acids is 3. The van der Waals surface area contributed by atoms with Gasteiger partial charge in [-0.1, -0.05) is 39.0 Å². The summed E-state index contributed by atoms with van der Waals surface area (Å²) >= 11 is 0. The number of methoxy groups -OCH3 is 1. The smallest absolute Gasteiger partial charge is 0.245 e. The van der Waals surface area contributed by atoms with Crippen LogP contribution in [0.3, 0.4) is 0 Å². The van der Waals surface area contributed by atoms with Gasteiger partial charge in [0.05, 0.1) is 11.8 Å². The maximum Gasteiger partial charge on any atom is 0.245 e. The molecule has 4 N–H and O–H groups in total. The molecular formula is C22H33N5O4. The SMILES string of the molecule is CO[C@@H]1CCN(C(=O)CN2NC(C(N)=O)c3ccccc32)[C@@H]1C(=O)NCCC(C)(C)C. The van der Waals surface area contributed by atoms with Gasteiger partial charge in [-0.3, -0.25) is 19.4 Å². The minimum absolute atomic E-state index is 0.0248. The summed E-state index contributed by atoms with van der Waals surface area (Å²) in [6.45, 7) is 7.29. The number of para-hydroxylation sites is 1. The van der Waals surface area contributed by atoms with Gasteiger partial charge in [0.1, 0.15) is 18.6 Å². The lowest BCUT2D eigenvalue weighted by Gasteiger charge is -2.29. The van der Waals surface area contributed by atoms with Gasteiger partial charge < -0.3 is 20.7 Å². The molecule has 31 heavy (non-hydrogen) atoms. The van der Waals surface area contributed by atoms with Crippen LogP contribution in [-0.4, -0.2) is 61.5 Å². The van der Waals surface area contributed by atoms with Crippen molar-refractivity contribution >= 4 is 23.4 Å². The molecule has 0 bridgehead atoms. The molecular weight excluding hydrogens is 398 g/mol. The molecule has 1 saturated heterocycles. The Bertz CT molecular complexity index is 837. The molecule has 0 aromatic heterocycles. The van der Waals surface area contributed by atoms with Crippen LogP contribution >= 0.6 is 0 Å². The van der Waals surface area contributed by atoms with E-state index in [4.69, 9.17) is 10.5 Å². The minimum Gasteiger partial charge on any atom is -0.379 e. The lowest BCUT2D eigenvalue weighted by Crippen LogP contribution is -2.54. The number of primary amides is 1.